The van der Waals surface area contributed by atoms with Crippen LogP contribution in [0.4, 0.5) is 0 Å². The summed E-state index contributed by atoms with van der Waals surface area (Å²) in [5.74, 6) is -1.72. The van der Waals surface area contributed by atoms with Crippen LogP contribution in [0.1, 0.15) is 10.4 Å². The van der Waals surface area contributed by atoms with Crippen molar-refractivity contribution in [2.24, 2.45) is 0 Å². The van der Waals surface area contributed by atoms with Crippen molar-refractivity contribution in [2.45, 2.75) is 4.90 Å². The van der Waals surface area contributed by atoms with E-state index in [1.165, 1.54) is 6.07 Å². The minimum atomic E-state index is -1.25. The first-order valence-corrected chi connectivity index (χ1v) is 3.76. The van der Waals surface area contributed by atoms with E-state index in [-0.39, 0.29) is 15.1 Å². The minimum Gasteiger partial charge on any atom is -0.494 e. The largest absolute Gasteiger partial charge is 0.494 e. The molecule has 1 rings (SSSR count). The topological polar surface area (TPSA) is 73.3 Å². The van der Waals surface area contributed by atoms with Gasteiger partial charge in [0.15, 0.2) is 0 Å². The molecule has 12 heavy (non-hydrogen) atoms. The smallest absolute Gasteiger partial charge is 0.342 e. The van der Waals surface area contributed by atoms with E-state index in [0.717, 1.165) is 0 Å². The summed E-state index contributed by atoms with van der Waals surface area (Å²) in [6.07, 6.45) is 0. The molecule has 0 saturated heterocycles. The Hall–Kier alpha value is -1.01. The summed E-state index contributed by atoms with van der Waals surface area (Å²) < 4.78 is 0.238. The lowest BCUT2D eigenvalue weighted by Gasteiger charge is -2.01. The monoisotopic (exact) mass is 203 g/mol. The molecule has 3 N–H and O–H groups in total. The molecular weight excluding hydrogens is 198 g/mol. The molecule has 0 spiro atoms. The number of aromatic amines is 1. The number of aromatic hydroxyl groups is 1. The molecule has 1 heterocycles. The number of thiol groups is 1. The summed E-state index contributed by atoms with van der Waals surface area (Å²) in [6.45, 7) is 0. The Morgan fingerprint density at radius 1 is 1.67 bits per heavy atom. The standard InChI is InChI=1S/C6H5NO3S2/c8-5-4(6(9)10)2(11)1-3(12)7-5/h1H,(H,9,10)(H3,7,8,11,12). The van der Waals surface area contributed by atoms with Crippen LogP contribution in [-0.2, 0) is 0 Å². The third-order valence-electron chi connectivity index (χ3n) is 1.22. The number of aromatic carboxylic acids is 1. The quantitative estimate of drug-likeness (QED) is 0.411. The van der Waals surface area contributed by atoms with Crippen molar-refractivity contribution in [3.8, 4) is 5.88 Å². The van der Waals surface area contributed by atoms with Gasteiger partial charge in [-0.25, -0.2) is 4.79 Å². The summed E-state index contributed by atoms with van der Waals surface area (Å²) in [5.41, 5.74) is -0.271. The summed E-state index contributed by atoms with van der Waals surface area (Å²) >= 11 is 8.53. The Bertz CT molecular complexity index is 359. The summed E-state index contributed by atoms with van der Waals surface area (Å²) in [6, 6.07) is 1.35. The first-order chi connectivity index (χ1) is 5.52. The lowest BCUT2D eigenvalue weighted by atomic mass is 10.3. The van der Waals surface area contributed by atoms with Crippen LogP contribution in [0, 0.1) is 4.64 Å². The van der Waals surface area contributed by atoms with E-state index in [1.54, 1.807) is 0 Å². The molecule has 4 nitrogen and oxygen atoms in total. The van der Waals surface area contributed by atoms with Crippen molar-refractivity contribution in [2.75, 3.05) is 0 Å². The molecule has 0 aliphatic heterocycles. The molecule has 0 fully saturated rings. The van der Waals surface area contributed by atoms with Crippen molar-refractivity contribution in [3.63, 3.8) is 0 Å². The van der Waals surface area contributed by atoms with Gasteiger partial charge in [-0.3, -0.25) is 0 Å². The molecule has 0 unspecified atom stereocenters. The highest BCUT2D eigenvalue weighted by Gasteiger charge is 2.13. The van der Waals surface area contributed by atoms with E-state index in [2.05, 4.69) is 29.8 Å². The number of aromatic nitrogens is 1. The molecule has 6 heteroatoms. The summed E-state index contributed by atoms with van der Waals surface area (Å²) in [7, 11) is 0. The van der Waals surface area contributed by atoms with Crippen molar-refractivity contribution in [3.05, 3.63) is 16.3 Å². The van der Waals surface area contributed by atoms with E-state index in [4.69, 9.17) is 10.2 Å². The highest BCUT2D eigenvalue weighted by atomic mass is 32.1. The Morgan fingerprint density at radius 2 is 2.25 bits per heavy atom. The van der Waals surface area contributed by atoms with Gasteiger partial charge in [0.05, 0.1) is 0 Å². The molecular formula is C6H5NO3S2. The van der Waals surface area contributed by atoms with Crippen molar-refractivity contribution in [1.29, 1.82) is 0 Å². The fourth-order valence-corrected chi connectivity index (χ4v) is 1.38. The molecule has 0 radical (unpaired) electrons. The zero-order valence-electron chi connectivity index (χ0n) is 5.74. The molecule has 0 bridgehead atoms. The Morgan fingerprint density at radius 3 is 2.67 bits per heavy atom. The lowest BCUT2D eigenvalue weighted by Crippen LogP contribution is -1.99. The van der Waals surface area contributed by atoms with Gasteiger partial charge in [-0.2, -0.15) is 0 Å². The number of carboxylic acid groups (broad SMARTS) is 1. The second kappa shape index (κ2) is 3.16. The zero-order chi connectivity index (χ0) is 9.30. The third-order valence-corrected chi connectivity index (χ3v) is 1.79. The first kappa shape index (κ1) is 9.08. The van der Waals surface area contributed by atoms with Crippen LogP contribution in [0.5, 0.6) is 5.88 Å². The normalized spacial score (nSPS) is 9.75. The number of carboxylic acids is 1. The summed E-state index contributed by atoms with van der Waals surface area (Å²) in [4.78, 5) is 12.9. The number of nitrogens with one attached hydrogen (secondary N) is 1. The number of rotatable bonds is 1. The van der Waals surface area contributed by atoms with Crippen molar-refractivity contribution >= 4 is 30.8 Å². The van der Waals surface area contributed by atoms with Crippen LogP contribution in [0.15, 0.2) is 11.0 Å². The minimum absolute atomic E-state index is 0.142. The molecule has 1 aromatic rings. The lowest BCUT2D eigenvalue weighted by molar-refractivity contribution is 0.0689. The van der Waals surface area contributed by atoms with E-state index in [0.29, 0.717) is 0 Å². The van der Waals surface area contributed by atoms with Crippen LogP contribution in [-0.4, -0.2) is 21.2 Å². The molecule has 1 aromatic heterocycles. The fourth-order valence-electron chi connectivity index (χ4n) is 0.744. The van der Waals surface area contributed by atoms with Gasteiger partial charge in [-0.05, 0) is 6.07 Å². The van der Waals surface area contributed by atoms with E-state index in [9.17, 15) is 4.79 Å². The van der Waals surface area contributed by atoms with E-state index < -0.39 is 11.8 Å². The first-order valence-electron chi connectivity index (χ1n) is 2.91. The van der Waals surface area contributed by atoms with Crippen LogP contribution >= 0.6 is 24.8 Å². The average molecular weight is 203 g/mol. The van der Waals surface area contributed by atoms with Crippen LogP contribution in [0.25, 0.3) is 0 Å². The molecule has 0 aliphatic rings. The predicted octanol–water partition coefficient (Wildman–Crippen LogP) is 1.44. The third kappa shape index (κ3) is 1.59. The maximum Gasteiger partial charge on any atom is 0.342 e. The Labute approximate surface area is 78.3 Å². The van der Waals surface area contributed by atoms with E-state index in [1.807, 2.05) is 0 Å². The number of carbonyl (C=O) groups is 1. The predicted molar refractivity (Wildman–Crippen MR) is 47.5 cm³/mol. The van der Waals surface area contributed by atoms with Crippen molar-refractivity contribution in [1.82, 2.24) is 4.98 Å². The molecule has 0 aromatic carbocycles. The molecule has 64 valence electrons. The van der Waals surface area contributed by atoms with Crippen LogP contribution < -0.4 is 0 Å². The second-order valence-electron chi connectivity index (χ2n) is 2.05. The van der Waals surface area contributed by atoms with Gasteiger partial charge in [0, 0.05) is 4.90 Å². The zero-order valence-corrected chi connectivity index (χ0v) is 7.45. The Balaban J connectivity index is 3.48. The fraction of sp³-hybridized carbons (Fsp3) is 0. The van der Waals surface area contributed by atoms with Gasteiger partial charge < -0.3 is 15.2 Å². The maximum absolute atomic E-state index is 10.5. The van der Waals surface area contributed by atoms with Gasteiger partial charge in [0.25, 0.3) is 0 Å². The molecule has 0 atom stereocenters. The number of pyridine rings is 1. The highest BCUT2D eigenvalue weighted by molar-refractivity contribution is 7.80. The second-order valence-corrected chi connectivity index (χ2v) is 2.97. The van der Waals surface area contributed by atoms with Crippen LogP contribution in [0.3, 0.4) is 0 Å². The van der Waals surface area contributed by atoms with Gasteiger partial charge in [0.1, 0.15) is 10.2 Å². The Kier molecular flexibility index (Phi) is 2.39. The molecule has 0 amide bonds. The van der Waals surface area contributed by atoms with Crippen LogP contribution in [0.2, 0.25) is 0 Å². The SMILES string of the molecule is O=C(O)c1c(S)cc(=S)[nH]c1O. The number of H-pyrrole nitrogens is 1. The van der Waals surface area contributed by atoms with Gasteiger partial charge in [-0.1, -0.05) is 12.2 Å². The summed E-state index contributed by atoms with van der Waals surface area (Å²) in [5, 5.41) is 17.7. The van der Waals surface area contributed by atoms with Gasteiger partial charge >= 0.3 is 5.97 Å². The highest BCUT2D eigenvalue weighted by Crippen LogP contribution is 2.21. The average Bonchev–Trinajstić information content (AvgIpc) is 1.82. The van der Waals surface area contributed by atoms with Crippen molar-refractivity contribution < 1.29 is 15.0 Å². The number of hydrogen-bond acceptors (Lipinski definition) is 4. The number of hydrogen-bond donors (Lipinski definition) is 4. The van der Waals surface area contributed by atoms with Gasteiger partial charge in [0.2, 0.25) is 5.88 Å². The molecule has 0 aliphatic carbocycles. The van der Waals surface area contributed by atoms with E-state index >= 15 is 0 Å². The molecule has 0 saturated carbocycles. The maximum atomic E-state index is 10.5. The van der Waals surface area contributed by atoms with Gasteiger partial charge in [-0.15, -0.1) is 12.6 Å².